The van der Waals surface area contributed by atoms with Crippen molar-refractivity contribution in [3.05, 3.63) is 53.1 Å². The summed E-state index contributed by atoms with van der Waals surface area (Å²) in [5.74, 6) is 0.920. The minimum atomic E-state index is -0.842. The van der Waals surface area contributed by atoms with E-state index in [1.54, 1.807) is 7.11 Å². The van der Waals surface area contributed by atoms with E-state index in [9.17, 15) is 4.79 Å². The molecule has 0 saturated heterocycles. The molecular formula is C18H20O4. The Hall–Kier alpha value is -2.07. The van der Waals surface area contributed by atoms with Crippen molar-refractivity contribution < 1.29 is 19.4 Å². The largest absolute Gasteiger partial charge is 0.497 e. The average molecular weight is 300 g/mol. The van der Waals surface area contributed by atoms with Crippen LogP contribution in [0.1, 0.15) is 18.4 Å². The molecule has 1 aromatic carbocycles. The van der Waals surface area contributed by atoms with Crippen molar-refractivity contribution in [3.63, 3.8) is 0 Å². The van der Waals surface area contributed by atoms with Crippen molar-refractivity contribution >= 4 is 5.97 Å². The first-order chi connectivity index (χ1) is 10.7. The molecule has 0 aromatic heterocycles. The quantitative estimate of drug-likeness (QED) is 0.647. The van der Waals surface area contributed by atoms with Gasteiger partial charge in [0.1, 0.15) is 5.75 Å². The SMILES string of the molecule is COc1ccc(COCC2=C[C@@H]3C(=CC(=O)O)C[C@@H]3C2)cc1. The highest BCUT2D eigenvalue weighted by molar-refractivity contribution is 5.81. The van der Waals surface area contributed by atoms with Crippen LogP contribution in [0.2, 0.25) is 0 Å². The molecule has 0 spiro atoms. The first kappa shape index (κ1) is 14.9. The number of hydrogen-bond donors (Lipinski definition) is 1. The molecule has 1 fully saturated rings. The molecule has 2 aliphatic rings. The van der Waals surface area contributed by atoms with Crippen LogP contribution in [0.5, 0.6) is 5.75 Å². The highest BCUT2D eigenvalue weighted by atomic mass is 16.5. The van der Waals surface area contributed by atoms with Gasteiger partial charge in [-0.15, -0.1) is 0 Å². The summed E-state index contributed by atoms with van der Waals surface area (Å²) in [6.45, 7) is 1.20. The number of benzene rings is 1. The summed E-state index contributed by atoms with van der Waals surface area (Å²) in [6.07, 6.45) is 5.50. The van der Waals surface area contributed by atoms with E-state index >= 15 is 0 Å². The molecule has 0 bridgehead atoms. The number of ether oxygens (including phenoxy) is 2. The fourth-order valence-electron chi connectivity index (χ4n) is 3.25. The van der Waals surface area contributed by atoms with E-state index in [0.717, 1.165) is 29.7 Å². The molecule has 0 aliphatic heterocycles. The highest BCUT2D eigenvalue weighted by Crippen LogP contribution is 2.49. The highest BCUT2D eigenvalue weighted by Gasteiger charge is 2.39. The van der Waals surface area contributed by atoms with E-state index in [4.69, 9.17) is 14.6 Å². The Bertz CT molecular complexity index is 612. The van der Waals surface area contributed by atoms with Gasteiger partial charge in [-0.25, -0.2) is 4.79 Å². The molecule has 0 heterocycles. The predicted molar refractivity (Wildman–Crippen MR) is 82.7 cm³/mol. The van der Waals surface area contributed by atoms with Gasteiger partial charge in [-0.1, -0.05) is 23.8 Å². The summed E-state index contributed by atoms with van der Waals surface area (Å²) in [5, 5.41) is 8.81. The van der Waals surface area contributed by atoms with Crippen molar-refractivity contribution in [1.82, 2.24) is 0 Å². The van der Waals surface area contributed by atoms with E-state index in [2.05, 4.69) is 6.08 Å². The van der Waals surface area contributed by atoms with Crippen molar-refractivity contribution in [2.45, 2.75) is 19.4 Å². The lowest BCUT2D eigenvalue weighted by Gasteiger charge is -2.33. The second-order valence-corrected chi connectivity index (χ2v) is 5.92. The lowest BCUT2D eigenvalue weighted by atomic mass is 9.71. The summed E-state index contributed by atoms with van der Waals surface area (Å²) in [6, 6.07) is 7.85. The lowest BCUT2D eigenvalue weighted by molar-refractivity contribution is -0.131. The van der Waals surface area contributed by atoms with Crippen LogP contribution in [-0.4, -0.2) is 24.8 Å². The molecule has 0 unspecified atom stereocenters. The van der Waals surface area contributed by atoms with Gasteiger partial charge in [0.2, 0.25) is 0 Å². The molecule has 4 heteroatoms. The third-order valence-corrected chi connectivity index (χ3v) is 4.40. The summed E-state index contributed by atoms with van der Waals surface area (Å²) < 4.78 is 10.9. The van der Waals surface area contributed by atoms with Gasteiger partial charge in [0.05, 0.1) is 20.3 Å². The van der Waals surface area contributed by atoms with Crippen LogP contribution >= 0.6 is 0 Å². The first-order valence-electron chi connectivity index (χ1n) is 7.49. The number of methoxy groups -OCH3 is 1. The third kappa shape index (κ3) is 3.22. The summed E-state index contributed by atoms with van der Waals surface area (Å²) in [5.41, 5.74) is 3.45. The van der Waals surface area contributed by atoms with Gasteiger partial charge in [0.25, 0.3) is 0 Å². The number of hydrogen-bond acceptors (Lipinski definition) is 3. The second kappa shape index (κ2) is 6.36. The Morgan fingerprint density at radius 3 is 2.73 bits per heavy atom. The number of carbonyl (C=O) groups is 1. The topological polar surface area (TPSA) is 55.8 Å². The van der Waals surface area contributed by atoms with Gasteiger partial charge in [-0.2, -0.15) is 0 Å². The van der Waals surface area contributed by atoms with Crippen molar-refractivity contribution in [3.8, 4) is 5.75 Å². The Morgan fingerprint density at radius 1 is 1.27 bits per heavy atom. The summed E-state index contributed by atoms with van der Waals surface area (Å²) >= 11 is 0. The molecule has 0 radical (unpaired) electrons. The monoisotopic (exact) mass is 300 g/mol. The molecule has 3 rings (SSSR count). The molecule has 4 nitrogen and oxygen atoms in total. The van der Waals surface area contributed by atoms with Gasteiger partial charge >= 0.3 is 5.97 Å². The van der Waals surface area contributed by atoms with E-state index in [0.29, 0.717) is 25.0 Å². The normalized spacial score (nSPS) is 24.6. The Labute approximate surface area is 130 Å². The molecule has 116 valence electrons. The number of aliphatic carboxylic acids is 1. The maximum Gasteiger partial charge on any atom is 0.328 e. The van der Waals surface area contributed by atoms with Crippen LogP contribution in [0.15, 0.2) is 47.6 Å². The van der Waals surface area contributed by atoms with Gasteiger partial charge in [0.15, 0.2) is 0 Å². The maximum atomic E-state index is 10.7. The molecule has 1 N–H and O–H groups in total. The number of fused-ring (bicyclic) bond motifs is 1. The standard InChI is InChI=1S/C18H20O4/c1-21-16-4-2-12(3-5-16)10-22-11-13-6-14-8-15(9-18(19)20)17(14)7-13/h2-5,7,9,14,17H,6,8,10-11H2,1H3,(H,19,20)/t14-,17-/m0/s1. The summed E-state index contributed by atoms with van der Waals surface area (Å²) in [4.78, 5) is 10.7. The van der Waals surface area contributed by atoms with Crippen LogP contribution in [0.3, 0.4) is 0 Å². The summed E-state index contributed by atoms with van der Waals surface area (Å²) in [7, 11) is 1.65. The minimum absolute atomic E-state index is 0.329. The third-order valence-electron chi connectivity index (χ3n) is 4.40. The molecule has 2 atom stereocenters. The number of carboxylic acids is 1. The van der Waals surface area contributed by atoms with E-state index in [1.165, 1.54) is 11.6 Å². The average Bonchev–Trinajstić information content (AvgIpc) is 2.82. The van der Waals surface area contributed by atoms with Gasteiger partial charge in [-0.05, 0) is 42.0 Å². The van der Waals surface area contributed by atoms with Crippen LogP contribution in [-0.2, 0) is 16.1 Å². The number of carboxylic acid groups (broad SMARTS) is 1. The van der Waals surface area contributed by atoms with Crippen LogP contribution in [0.4, 0.5) is 0 Å². The predicted octanol–water partition coefficient (Wildman–Crippen LogP) is 3.19. The van der Waals surface area contributed by atoms with Gasteiger partial charge in [-0.3, -0.25) is 0 Å². The van der Waals surface area contributed by atoms with Crippen molar-refractivity contribution in [2.75, 3.05) is 13.7 Å². The van der Waals surface area contributed by atoms with Gasteiger partial charge in [0, 0.05) is 12.0 Å². The van der Waals surface area contributed by atoms with E-state index in [-0.39, 0.29) is 0 Å². The molecule has 1 saturated carbocycles. The number of rotatable bonds is 6. The van der Waals surface area contributed by atoms with Crippen LogP contribution < -0.4 is 4.74 Å². The minimum Gasteiger partial charge on any atom is -0.497 e. The van der Waals surface area contributed by atoms with Crippen LogP contribution in [0.25, 0.3) is 0 Å². The second-order valence-electron chi connectivity index (χ2n) is 5.92. The number of allylic oxidation sites excluding steroid dienone is 2. The molecule has 1 aromatic rings. The molecule has 0 amide bonds. The molecule has 22 heavy (non-hydrogen) atoms. The maximum absolute atomic E-state index is 10.7. The van der Waals surface area contributed by atoms with Crippen LogP contribution in [0, 0.1) is 11.8 Å². The Morgan fingerprint density at radius 2 is 2.05 bits per heavy atom. The zero-order valence-electron chi connectivity index (χ0n) is 12.6. The Kier molecular flexibility index (Phi) is 4.29. The smallest absolute Gasteiger partial charge is 0.328 e. The first-order valence-corrected chi connectivity index (χ1v) is 7.49. The zero-order valence-corrected chi connectivity index (χ0v) is 12.6. The van der Waals surface area contributed by atoms with Gasteiger partial charge < -0.3 is 14.6 Å². The Balaban J connectivity index is 1.48. The molecular weight excluding hydrogens is 280 g/mol. The zero-order chi connectivity index (χ0) is 15.5. The van der Waals surface area contributed by atoms with E-state index < -0.39 is 5.97 Å². The molecule has 2 aliphatic carbocycles. The van der Waals surface area contributed by atoms with Crippen molar-refractivity contribution in [2.24, 2.45) is 11.8 Å². The fourth-order valence-corrected chi connectivity index (χ4v) is 3.25. The lowest BCUT2D eigenvalue weighted by Crippen LogP contribution is -2.24. The van der Waals surface area contributed by atoms with Crippen molar-refractivity contribution in [1.29, 1.82) is 0 Å². The van der Waals surface area contributed by atoms with E-state index in [1.807, 2.05) is 24.3 Å². The fraction of sp³-hybridized carbons (Fsp3) is 0.389.